The molecule has 0 saturated carbocycles. The van der Waals surface area contributed by atoms with Gasteiger partial charge in [-0.3, -0.25) is 9.89 Å². The molecular formula is C14H15BrN2O3. The first kappa shape index (κ1) is 14.6. The topological polar surface area (TPSA) is 75.2 Å². The molecule has 6 heteroatoms. The maximum absolute atomic E-state index is 10.6. The number of benzene rings is 1. The van der Waals surface area contributed by atoms with Crippen molar-refractivity contribution < 1.29 is 14.6 Å². The Labute approximate surface area is 125 Å². The maximum Gasteiger partial charge on any atom is 0.303 e. The standard InChI is InChI=1S/C14H15BrN2O3/c1-8-3-5-11(20-2)9(7-8)14-13(15)10(16-17-14)4-6-12(18)19/h3,5,7H,4,6H2,1-2H3,(H,16,17)(H,18,19). The summed E-state index contributed by atoms with van der Waals surface area (Å²) >= 11 is 3.48. The van der Waals surface area contributed by atoms with E-state index in [0.29, 0.717) is 6.42 Å². The zero-order valence-electron chi connectivity index (χ0n) is 11.2. The highest BCUT2D eigenvalue weighted by Gasteiger charge is 2.16. The number of methoxy groups -OCH3 is 1. The van der Waals surface area contributed by atoms with Crippen LogP contribution in [0.15, 0.2) is 22.7 Å². The highest BCUT2D eigenvalue weighted by Crippen LogP contribution is 2.35. The number of aromatic amines is 1. The molecular weight excluding hydrogens is 324 g/mol. The molecule has 0 radical (unpaired) electrons. The molecule has 0 aliphatic rings. The van der Waals surface area contributed by atoms with Crippen molar-refractivity contribution in [3.8, 4) is 17.0 Å². The quantitative estimate of drug-likeness (QED) is 0.877. The summed E-state index contributed by atoms with van der Waals surface area (Å²) in [6.07, 6.45) is 0.461. The van der Waals surface area contributed by atoms with Gasteiger partial charge in [0.25, 0.3) is 0 Å². The molecule has 2 aromatic rings. The van der Waals surface area contributed by atoms with Gasteiger partial charge in [0.15, 0.2) is 0 Å². The molecule has 2 N–H and O–H groups in total. The number of halogens is 1. The molecule has 106 valence electrons. The molecule has 0 saturated heterocycles. The lowest BCUT2D eigenvalue weighted by molar-refractivity contribution is -0.136. The number of carboxylic acid groups (broad SMARTS) is 1. The Kier molecular flexibility index (Phi) is 4.44. The second-order valence-corrected chi connectivity index (χ2v) is 5.26. The number of nitrogens with zero attached hydrogens (tertiary/aromatic N) is 1. The first-order chi connectivity index (χ1) is 9.52. The van der Waals surface area contributed by atoms with Crippen molar-refractivity contribution >= 4 is 21.9 Å². The van der Waals surface area contributed by atoms with Crippen LogP contribution in [0.4, 0.5) is 0 Å². The van der Waals surface area contributed by atoms with E-state index in [1.54, 1.807) is 7.11 Å². The highest BCUT2D eigenvalue weighted by molar-refractivity contribution is 9.10. The normalized spacial score (nSPS) is 10.6. The van der Waals surface area contributed by atoms with E-state index in [1.807, 2.05) is 25.1 Å². The van der Waals surface area contributed by atoms with Gasteiger partial charge in [-0.2, -0.15) is 5.10 Å². The summed E-state index contributed by atoms with van der Waals surface area (Å²) in [5, 5.41) is 15.9. The lowest BCUT2D eigenvalue weighted by Gasteiger charge is -2.07. The Bertz CT molecular complexity index is 637. The molecule has 1 aromatic heterocycles. The van der Waals surface area contributed by atoms with Crippen LogP contribution >= 0.6 is 15.9 Å². The average Bonchev–Trinajstić information content (AvgIpc) is 2.77. The molecule has 0 spiro atoms. The lowest BCUT2D eigenvalue weighted by atomic mass is 10.1. The second kappa shape index (κ2) is 6.09. The van der Waals surface area contributed by atoms with Gasteiger partial charge in [0.1, 0.15) is 11.4 Å². The summed E-state index contributed by atoms with van der Waals surface area (Å²) in [6, 6.07) is 5.84. The predicted molar refractivity (Wildman–Crippen MR) is 79.0 cm³/mol. The van der Waals surface area contributed by atoms with Crippen LogP contribution in [0.1, 0.15) is 17.7 Å². The van der Waals surface area contributed by atoms with Crippen molar-refractivity contribution in [1.29, 1.82) is 0 Å². The number of hydrogen-bond acceptors (Lipinski definition) is 3. The molecule has 2 rings (SSSR count). The summed E-state index contributed by atoms with van der Waals surface area (Å²) in [4.78, 5) is 10.6. The monoisotopic (exact) mass is 338 g/mol. The fourth-order valence-electron chi connectivity index (χ4n) is 1.95. The summed E-state index contributed by atoms with van der Waals surface area (Å²) < 4.78 is 6.13. The molecule has 1 aromatic carbocycles. The molecule has 20 heavy (non-hydrogen) atoms. The van der Waals surface area contributed by atoms with Gasteiger partial charge in [0.2, 0.25) is 0 Å². The zero-order valence-corrected chi connectivity index (χ0v) is 12.8. The van der Waals surface area contributed by atoms with Crippen molar-refractivity contribution in [2.45, 2.75) is 19.8 Å². The SMILES string of the molecule is COc1ccc(C)cc1-c1n[nH]c(CCC(=O)O)c1Br. The smallest absolute Gasteiger partial charge is 0.303 e. The van der Waals surface area contributed by atoms with Crippen molar-refractivity contribution in [3.63, 3.8) is 0 Å². The lowest BCUT2D eigenvalue weighted by Crippen LogP contribution is -1.98. The molecule has 0 aliphatic carbocycles. The van der Waals surface area contributed by atoms with E-state index < -0.39 is 5.97 Å². The number of aromatic nitrogens is 2. The van der Waals surface area contributed by atoms with Crippen molar-refractivity contribution in [2.24, 2.45) is 0 Å². The molecule has 5 nitrogen and oxygen atoms in total. The van der Waals surface area contributed by atoms with Gasteiger partial charge in [-0.15, -0.1) is 0 Å². The fourth-order valence-corrected chi connectivity index (χ4v) is 2.54. The maximum atomic E-state index is 10.6. The molecule has 0 bridgehead atoms. The molecule has 0 atom stereocenters. The molecule has 0 fully saturated rings. The molecule has 0 amide bonds. The van der Waals surface area contributed by atoms with E-state index in [0.717, 1.165) is 32.7 Å². The Morgan fingerprint density at radius 2 is 2.25 bits per heavy atom. The van der Waals surface area contributed by atoms with Gasteiger partial charge in [-0.25, -0.2) is 0 Å². The van der Waals surface area contributed by atoms with Crippen LogP contribution < -0.4 is 4.74 Å². The zero-order chi connectivity index (χ0) is 14.7. The first-order valence-corrected chi connectivity index (χ1v) is 6.91. The van der Waals surface area contributed by atoms with Crippen LogP contribution in [0, 0.1) is 6.92 Å². The summed E-state index contributed by atoms with van der Waals surface area (Å²) in [5.74, 6) is -0.103. The minimum Gasteiger partial charge on any atom is -0.496 e. The minimum atomic E-state index is -0.832. The van der Waals surface area contributed by atoms with Crippen molar-refractivity contribution in [2.75, 3.05) is 7.11 Å². The largest absolute Gasteiger partial charge is 0.496 e. The number of aryl methyl sites for hydroxylation is 2. The number of carboxylic acids is 1. The van der Waals surface area contributed by atoms with E-state index in [1.165, 1.54) is 0 Å². The Hall–Kier alpha value is -1.82. The molecule has 1 heterocycles. The van der Waals surface area contributed by atoms with Crippen LogP contribution in [-0.2, 0) is 11.2 Å². The van der Waals surface area contributed by atoms with Gasteiger partial charge < -0.3 is 9.84 Å². The van der Waals surface area contributed by atoms with Gasteiger partial charge in [-0.05, 0) is 35.0 Å². The van der Waals surface area contributed by atoms with Crippen molar-refractivity contribution in [3.05, 3.63) is 33.9 Å². The van der Waals surface area contributed by atoms with Gasteiger partial charge >= 0.3 is 5.97 Å². The third-order valence-electron chi connectivity index (χ3n) is 2.97. The second-order valence-electron chi connectivity index (χ2n) is 4.46. The number of rotatable bonds is 5. The van der Waals surface area contributed by atoms with Gasteiger partial charge in [-0.1, -0.05) is 11.6 Å². The summed E-state index contributed by atoms with van der Waals surface area (Å²) in [5.41, 5.74) is 3.47. The molecule has 0 unspecified atom stereocenters. The number of aliphatic carboxylic acids is 1. The van der Waals surface area contributed by atoms with Crippen LogP contribution in [-0.4, -0.2) is 28.4 Å². The van der Waals surface area contributed by atoms with E-state index in [9.17, 15) is 4.79 Å². The highest BCUT2D eigenvalue weighted by atomic mass is 79.9. The van der Waals surface area contributed by atoms with E-state index >= 15 is 0 Å². The van der Waals surface area contributed by atoms with E-state index in [-0.39, 0.29) is 6.42 Å². The first-order valence-electron chi connectivity index (χ1n) is 6.12. The van der Waals surface area contributed by atoms with Crippen LogP contribution in [0.3, 0.4) is 0 Å². The number of ether oxygens (including phenoxy) is 1. The fraction of sp³-hybridized carbons (Fsp3) is 0.286. The van der Waals surface area contributed by atoms with Crippen LogP contribution in [0.25, 0.3) is 11.3 Å². The number of carbonyl (C=O) groups is 1. The Morgan fingerprint density at radius 3 is 2.90 bits per heavy atom. The van der Waals surface area contributed by atoms with E-state index in [4.69, 9.17) is 9.84 Å². The summed E-state index contributed by atoms with van der Waals surface area (Å²) in [7, 11) is 1.61. The van der Waals surface area contributed by atoms with Crippen LogP contribution in [0.5, 0.6) is 5.75 Å². The summed E-state index contributed by atoms with van der Waals surface area (Å²) in [6.45, 7) is 1.99. The Balaban J connectivity index is 2.39. The number of nitrogens with one attached hydrogen (secondary N) is 1. The average molecular weight is 339 g/mol. The van der Waals surface area contributed by atoms with Gasteiger partial charge in [0, 0.05) is 12.0 Å². The van der Waals surface area contributed by atoms with Crippen molar-refractivity contribution in [1.82, 2.24) is 10.2 Å². The third-order valence-corrected chi connectivity index (χ3v) is 3.83. The minimum absolute atomic E-state index is 0.0607. The third kappa shape index (κ3) is 3.01. The van der Waals surface area contributed by atoms with Gasteiger partial charge in [0.05, 0.1) is 23.7 Å². The molecule has 0 aliphatic heterocycles. The van der Waals surface area contributed by atoms with E-state index in [2.05, 4.69) is 26.1 Å². The predicted octanol–water partition coefficient (Wildman–Crippen LogP) is 3.17. The number of H-pyrrole nitrogens is 1. The Morgan fingerprint density at radius 1 is 1.50 bits per heavy atom. The van der Waals surface area contributed by atoms with Crippen LogP contribution in [0.2, 0.25) is 0 Å². The number of hydrogen-bond donors (Lipinski definition) is 2.